The Morgan fingerprint density at radius 3 is 1.64 bits per heavy atom. The molecule has 2 heterocycles. The molecule has 2 rings (SSSR count). The molecule has 214 valence electrons. The fourth-order valence-electron chi connectivity index (χ4n) is 2.11. The first-order valence-corrected chi connectivity index (χ1v) is 12.8. The van der Waals surface area contributed by atoms with Gasteiger partial charge >= 0.3 is 35.3 Å². The van der Waals surface area contributed by atoms with Crippen molar-refractivity contribution in [2.45, 2.75) is 30.2 Å². The molecule has 1 saturated heterocycles. The van der Waals surface area contributed by atoms with Crippen LogP contribution in [0.3, 0.4) is 0 Å². The zero-order valence-corrected chi connectivity index (χ0v) is 19.6. The van der Waals surface area contributed by atoms with Crippen molar-refractivity contribution in [1.82, 2.24) is 9.55 Å². The van der Waals surface area contributed by atoms with Crippen LogP contribution in [0.15, 0.2) is 17.1 Å². The standard InChI is InChI=1S/C10H12F3N3O5.3H3O4P/c11-10(12,13)9(20)6(18)4(3-17)21-7(9)16-2-1-5(14)15-8(16)19;3*1-5(2,3)4/h1-2,4,6-7,17-18,20H,3H2,(H2,14,15,19);3*(H3,1,2,3,4)/t4-,6-,7-,9-;;;/m1.../s1. The maximum absolute atomic E-state index is 13.1. The zero-order chi connectivity index (χ0) is 29.5. The average Bonchev–Trinajstić information content (AvgIpc) is 2.83. The molecule has 1 aliphatic heterocycles. The largest absolute Gasteiger partial charge is 0.466 e. The molecule has 0 spiro atoms. The first-order valence-electron chi connectivity index (χ1n) is 8.06. The van der Waals surface area contributed by atoms with E-state index in [1.165, 1.54) is 0 Å². The van der Waals surface area contributed by atoms with E-state index in [2.05, 4.69) is 4.98 Å². The van der Waals surface area contributed by atoms with Crippen LogP contribution in [0.25, 0.3) is 0 Å². The van der Waals surface area contributed by atoms with Crippen molar-refractivity contribution >= 4 is 29.3 Å². The molecule has 0 bridgehead atoms. The quantitative estimate of drug-likeness (QED) is 0.141. The summed E-state index contributed by atoms with van der Waals surface area (Å²) < 4.78 is 71.1. The second kappa shape index (κ2) is 13.4. The number of nitrogen functional groups attached to an aromatic ring is 1. The molecule has 14 N–H and O–H groups in total. The van der Waals surface area contributed by atoms with Crippen LogP contribution in [0.2, 0.25) is 0 Å². The summed E-state index contributed by atoms with van der Waals surface area (Å²) in [5, 5.41) is 28.4. The van der Waals surface area contributed by atoms with Crippen LogP contribution >= 0.6 is 23.5 Å². The van der Waals surface area contributed by atoms with Crippen molar-refractivity contribution in [3.05, 3.63) is 22.7 Å². The number of nitrogens with two attached hydrogens (primary N) is 1. The minimum absolute atomic E-state index is 0.232. The number of ether oxygens (including phenoxy) is 1. The van der Waals surface area contributed by atoms with Crippen molar-refractivity contribution < 1.29 is 91.0 Å². The van der Waals surface area contributed by atoms with E-state index in [9.17, 15) is 28.2 Å². The molecule has 26 heteroatoms. The number of alkyl halides is 3. The first-order chi connectivity index (χ1) is 15.6. The number of hydrogen-bond donors (Lipinski definition) is 13. The van der Waals surface area contributed by atoms with Gasteiger partial charge in [-0.2, -0.15) is 18.2 Å². The topological polar surface area (TPSA) is 364 Å². The Morgan fingerprint density at radius 2 is 1.36 bits per heavy atom. The van der Waals surface area contributed by atoms with Crippen molar-refractivity contribution in [1.29, 1.82) is 0 Å². The summed E-state index contributed by atoms with van der Waals surface area (Å²) in [7, 11) is -13.9. The lowest BCUT2D eigenvalue weighted by molar-refractivity contribution is -0.304. The molecule has 0 saturated carbocycles. The summed E-state index contributed by atoms with van der Waals surface area (Å²) in [6.45, 7) is -0.979. The Kier molecular flexibility index (Phi) is 13.7. The second-order valence-corrected chi connectivity index (χ2v) is 9.14. The molecule has 1 aromatic rings. The fourth-order valence-corrected chi connectivity index (χ4v) is 2.11. The van der Waals surface area contributed by atoms with Gasteiger partial charge in [-0.1, -0.05) is 0 Å². The van der Waals surface area contributed by atoms with Gasteiger partial charge in [0, 0.05) is 6.20 Å². The Morgan fingerprint density at radius 1 is 1.00 bits per heavy atom. The molecule has 0 amide bonds. The Bertz CT molecular complexity index is 964. The van der Waals surface area contributed by atoms with E-state index in [4.69, 9.17) is 73.3 Å². The summed E-state index contributed by atoms with van der Waals surface area (Å²) in [6.07, 6.45) is -11.0. The van der Waals surface area contributed by atoms with Gasteiger partial charge in [0.15, 0.2) is 6.23 Å². The van der Waals surface area contributed by atoms with E-state index in [1.807, 2.05) is 0 Å². The van der Waals surface area contributed by atoms with Crippen molar-refractivity contribution in [2.75, 3.05) is 12.3 Å². The predicted octanol–water partition coefficient (Wildman–Crippen LogP) is -4.42. The van der Waals surface area contributed by atoms with Crippen molar-refractivity contribution in [3.63, 3.8) is 0 Å². The highest BCUT2D eigenvalue weighted by molar-refractivity contribution is 7.45. The zero-order valence-electron chi connectivity index (χ0n) is 16.9. The number of anilines is 1. The maximum Gasteiger partial charge on any atom is 0.466 e. The second-order valence-electron chi connectivity index (χ2n) is 6.06. The molecular formula is C10H21F3N3O17P3. The summed E-state index contributed by atoms with van der Waals surface area (Å²) in [6, 6.07) is 1.03. The van der Waals surface area contributed by atoms with Gasteiger partial charge in [-0.05, 0) is 6.07 Å². The van der Waals surface area contributed by atoms with Gasteiger partial charge in [0.05, 0.1) is 6.61 Å². The van der Waals surface area contributed by atoms with E-state index >= 15 is 0 Å². The van der Waals surface area contributed by atoms with E-state index in [-0.39, 0.29) is 5.82 Å². The maximum atomic E-state index is 13.1. The third-order valence-electron chi connectivity index (χ3n) is 3.22. The van der Waals surface area contributed by atoms with Crippen LogP contribution in [-0.4, -0.2) is 99.5 Å². The molecule has 0 aromatic carbocycles. The number of aromatic nitrogens is 2. The van der Waals surface area contributed by atoms with Gasteiger partial charge in [-0.3, -0.25) is 4.57 Å². The number of aliphatic hydroxyl groups is 3. The van der Waals surface area contributed by atoms with Crippen LogP contribution in [0.5, 0.6) is 0 Å². The van der Waals surface area contributed by atoms with Gasteiger partial charge in [0.2, 0.25) is 5.60 Å². The highest BCUT2D eigenvalue weighted by atomic mass is 31.2. The molecule has 4 atom stereocenters. The highest BCUT2D eigenvalue weighted by Crippen LogP contribution is 2.47. The average molecular weight is 605 g/mol. The molecule has 1 fully saturated rings. The summed E-state index contributed by atoms with van der Waals surface area (Å²) >= 11 is 0. The third-order valence-corrected chi connectivity index (χ3v) is 3.22. The molecular weight excluding hydrogens is 584 g/mol. The Balaban J connectivity index is 0. The number of aliphatic hydroxyl groups excluding tert-OH is 2. The molecule has 20 nitrogen and oxygen atoms in total. The Hall–Kier alpha value is -1.36. The van der Waals surface area contributed by atoms with Crippen LogP contribution < -0.4 is 11.4 Å². The lowest BCUT2D eigenvalue weighted by Gasteiger charge is -2.33. The van der Waals surface area contributed by atoms with Gasteiger partial charge in [-0.15, -0.1) is 0 Å². The number of nitrogens with zero attached hydrogens (tertiary/aromatic N) is 2. The molecule has 0 unspecified atom stereocenters. The van der Waals surface area contributed by atoms with Crippen LogP contribution in [0, 0.1) is 0 Å². The number of phosphoric acid groups is 3. The summed E-state index contributed by atoms with van der Waals surface area (Å²) in [5.74, 6) is -0.232. The number of halogens is 3. The van der Waals surface area contributed by atoms with Crippen molar-refractivity contribution in [3.8, 4) is 0 Å². The smallest absolute Gasteiger partial charge is 0.394 e. The first kappa shape index (κ1) is 36.8. The lowest BCUT2D eigenvalue weighted by Crippen LogP contribution is -2.58. The molecule has 1 aromatic heterocycles. The molecule has 1 aliphatic rings. The van der Waals surface area contributed by atoms with E-state index in [1.54, 1.807) is 0 Å². The van der Waals surface area contributed by atoms with Crippen LogP contribution in [-0.2, 0) is 18.4 Å². The monoisotopic (exact) mass is 605 g/mol. The molecule has 36 heavy (non-hydrogen) atoms. The third kappa shape index (κ3) is 15.0. The number of rotatable bonds is 2. The normalized spacial score (nSPS) is 24.4. The predicted molar refractivity (Wildman–Crippen MR) is 104 cm³/mol. The minimum atomic E-state index is -5.32. The molecule has 0 aliphatic carbocycles. The van der Waals surface area contributed by atoms with Crippen LogP contribution in [0.1, 0.15) is 6.23 Å². The lowest BCUT2D eigenvalue weighted by atomic mass is 9.93. The molecule has 0 radical (unpaired) electrons. The highest BCUT2D eigenvalue weighted by Gasteiger charge is 2.70. The van der Waals surface area contributed by atoms with Gasteiger partial charge < -0.3 is 69.8 Å². The van der Waals surface area contributed by atoms with Crippen molar-refractivity contribution in [2.24, 2.45) is 0 Å². The van der Waals surface area contributed by atoms with E-state index in [0.29, 0.717) is 4.57 Å². The van der Waals surface area contributed by atoms with Gasteiger partial charge in [0.1, 0.15) is 18.0 Å². The summed E-state index contributed by atoms with van der Waals surface area (Å²) in [4.78, 5) is 79.5. The van der Waals surface area contributed by atoms with Gasteiger partial charge in [0.25, 0.3) is 0 Å². The fraction of sp³-hybridized carbons (Fsp3) is 0.600. The van der Waals surface area contributed by atoms with Gasteiger partial charge in [-0.25, -0.2) is 18.5 Å². The minimum Gasteiger partial charge on any atom is -0.394 e. The van der Waals surface area contributed by atoms with E-state index in [0.717, 1.165) is 12.3 Å². The van der Waals surface area contributed by atoms with Crippen LogP contribution in [0.4, 0.5) is 19.0 Å². The summed E-state index contributed by atoms with van der Waals surface area (Å²) in [5.41, 5.74) is 0.245. The number of hydrogen-bond acceptors (Lipinski definition) is 10. The van der Waals surface area contributed by atoms with E-state index < -0.39 is 66.0 Å². The Labute approximate surface area is 196 Å². The SMILES string of the molecule is Nc1ccn([C@@H]2O[C@H](CO)[C@@H](O)[C@]2(O)C(F)(F)F)c(=O)n1.O=P(O)(O)O.O=P(O)(O)O.O=P(O)(O)O.